The molecule has 20 heavy (non-hydrogen) atoms. The van der Waals surface area contributed by atoms with Gasteiger partial charge in [-0.05, 0) is 12.8 Å². The molecular formula is C12H18N4O4. The molecule has 0 aliphatic heterocycles. The first kappa shape index (κ1) is 15.7. The minimum Gasteiger partial charge on any atom is -0.480 e. The zero-order valence-electron chi connectivity index (χ0n) is 11.4. The lowest BCUT2D eigenvalue weighted by molar-refractivity contribution is -0.139. The minimum atomic E-state index is -1.21. The number of carboxylic acids is 1. The van der Waals surface area contributed by atoms with E-state index >= 15 is 0 Å². The van der Waals surface area contributed by atoms with E-state index in [0.717, 1.165) is 0 Å². The number of carbonyl (C=O) groups is 3. The number of hydrogen-bond acceptors (Lipinski definition) is 4. The first-order valence-corrected chi connectivity index (χ1v) is 6.19. The third-order valence-corrected chi connectivity index (χ3v) is 2.77. The van der Waals surface area contributed by atoms with Gasteiger partial charge in [0, 0.05) is 19.7 Å². The Bertz CT molecular complexity index is 524. The summed E-state index contributed by atoms with van der Waals surface area (Å²) in [6.07, 6.45) is 1.94. The van der Waals surface area contributed by atoms with Crippen molar-refractivity contribution in [1.82, 2.24) is 15.1 Å². The maximum absolute atomic E-state index is 12.1. The number of aromatic nitrogens is 2. The summed E-state index contributed by atoms with van der Waals surface area (Å²) in [5, 5.41) is 15.5. The average Bonchev–Trinajstić information content (AvgIpc) is 2.74. The fraction of sp³-hybridized carbons (Fsp3) is 0.500. The highest BCUT2D eigenvalue weighted by molar-refractivity contribution is 5.97. The molecule has 1 rings (SSSR count). The second kappa shape index (κ2) is 6.69. The molecule has 0 aliphatic rings. The normalized spacial score (nSPS) is 11.9. The van der Waals surface area contributed by atoms with Crippen molar-refractivity contribution in [3.05, 3.63) is 17.5 Å². The number of nitrogens with one attached hydrogen (secondary N) is 1. The van der Waals surface area contributed by atoms with Gasteiger partial charge in [0.1, 0.15) is 6.04 Å². The third-order valence-electron chi connectivity index (χ3n) is 2.77. The standard InChI is InChI=1S/C12H18N4O4/c1-3-8-7(6-16(2)15-8)11(18)14-9(12(19)20)4-5-10(13)17/h6,9H,3-5H2,1-2H3,(H2,13,17)(H,14,18)(H,19,20)/t9-/m1/s1. The molecule has 0 spiro atoms. The Hall–Kier alpha value is -2.38. The molecule has 0 saturated carbocycles. The smallest absolute Gasteiger partial charge is 0.326 e. The molecule has 110 valence electrons. The molecule has 1 aromatic rings. The van der Waals surface area contributed by atoms with Gasteiger partial charge >= 0.3 is 5.97 Å². The quantitative estimate of drug-likeness (QED) is 0.617. The van der Waals surface area contributed by atoms with Gasteiger partial charge in [-0.2, -0.15) is 5.10 Å². The maximum atomic E-state index is 12.1. The van der Waals surface area contributed by atoms with Gasteiger partial charge in [0.2, 0.25) is 5.91 Å². The first-order valence-electron chi connectivity index (χ1n) is 6.19. The number of hydrogen-bond donors (Lipinski definition) is 3. The largest absolute Gasteiger partial charge is 0.480 e. The van der Waals surface area contributed by atoms with E-state index in [9.17, 15) is 14.4 Å². The fourth-order valence-electron chi connectivity index (χ4n) is 1.77. The Kier molecular flexibility index (Phi) is 5.24. The molecule has 0 fully saturated rings. The van der Waals surface area contributed by atoms with Crippen molar-refractivity contribution in [1.29, 1.82) is 0 Å². The van der Waals surface area contributed by atoms with Crippen LogP contribution in [0.3, 0.4) is 0 Å². The van der Waals surface area contributed by atoms with E-state index in [1.807, 2.05) is 6.92 Å². The van der Waals surface area contributed by atoms with Crippen LogP contribution >= 0.6 is 0 Å². The highest BCUT2D eigenvalue weighted by Gasteiger charge is 2.23. The monoisotopic (exact) mass is 282 g/mol. The molecule has 2 amide bonds. The number of nitrogens with two attached hydrogens (primary N) is 1. The molecule has 1 aromatic heterocycles. The van der Waals surface area contributed by atoms with E-state index in [0.29, 0.717) is 17.7 Å². The summed E-state index contributed by atoms with van der Waals surface area (Å²) in [5.74, 6) is -2.34. The van der Waals surface area contributed by atoms with Crippen LogP contribution in [0, 0.1) is 0 Å². The van der Waals surface area contributed by atoms with Gasteiger partial charge in [-0.3, -0.25) is 14.3 Å². The molecule has 0 bridgehead atoms. The molecule has 1 atom stereocenters. The summed E-state index contributed by atoms with van der Waals surface area (Å²) in [6, 6.07) is -1.15. The first-order chi connectivity index (χ1) is 9.35. The number of aryl methyl sites for hydroxylation is 2. The van der Waals surface area contributed by atoms with Crippen LogP contribution < -0.4 is 11.1 Å². The van der Waals surface area contributed by atoms with Gasteiger partial charge in [0.25, 0.3) is 5.91 Å². The van der Waals surface area contributed by atoms with E-state index in [1.54, 1.807) is 7.05 Å². The second-order valence-corrected chi connectivity index (χ2v) is 4.39. The number of rotatable bonds is 7. The maximum Gasteiger partial charge on any atom is 0.326 e. The van der Waals surface area contributed by atoms with Crippen molar-refractivity contribution in [2.24, 2.45) is 12.8 Å². The molecule has 4 N–H and O–H groups in total. The van der Waals surface area contributed by atoms with Crippen LogP contribution in [0.4, 0.5) is 0 Å². The highest BCUT2D eigenvalue weighted by atomic mass is 16.4. The summed E-state index contributed by atoms with van der Waals surface area (Å²) in [6.45, 7) is 1.85. The Labute approximate surface area is 115 Å². The van der Waals surface area contributed by atoms with Crippen LogP contribution in [0.5, 0.6) is 0 Å². The lowest BCUT2D eigenvalue weighted by atomic mass is 10.1. The molecule has 0 unspecified atom stereocenters. The van der Waals surface area contributed by atoms with Gasteiger partial charge in [-0.15, -0.1) is 0 Å². The molecule has 0 aliphatic carbocycles. The summed E-state index contributed by atoms with van der Waals surface area (Å²) in [5.41, 5.74) is 5.89. The summed E-state index contributed by atoms with van der Waals surface area (Å²) in [7, 11) is 1.68. The van der Waals surface area contributed by atoms with E-state index in [2.05, 4.69) is 10.4 Å². The van der Waals surface area contributed by atoms with Crippen molar-refractivity contribution in [2.45, 2.75) is 32.2 Å². The molecule has 8 nitrogen and oxygen atoms in total. The van der Waals surface area contributed by atoms with Crippen molar-refractivity contribution >= 4 is 17.8 Å². The van der Waals surface area contributed by atoms with Crippen molar-refractivity contribution in [3.63, 3.8) is 0 Å². The molecule has 0 saturated heterocycles. The van der Waals surface area contributed by atoms with Crippen molar-refractivity contribution < 1.29 is 19.5 Å². The Morgan fingerprint density at radius 2 is 2.15 bits per heavy atom. The number of carboxylic acid groups (broad SMARTS) is 1. The van der Waals surface area contributed by atoms with E-state index in [4.69, 9.17) is 10.8 Å². The summed E-state index contributed by atoms with van der Waals surface area (Å²) >= 11 is 0. The molecule has 8 heteroatoms. The zero-order chi connectivity index (χ0) is 15.3. The van der Waals surface area contributed by atoms with Gasteiger partial charge in [-0.1, -0.05) is 6.92 Å². The van der Waals surface area contributed by atoms with Crippen LogP contribution in [0.2, 0.25) is 0 Å². The van der Waals surface area contributed by atoms with E-state index in [-0.39, 0.29) is 12.8 Å². The van der Waals surface area contributed by atoms with Crippen LogP contribution in [0.1, 0.15) is 35.8 Å². The lowest BCUT2D eigenvalue weighted by Gasteiger charge is -2.13. The number of aliphatic carboxylic acids is 1. The van der Waals surface area contributed by atoms with E-state index in [1.165, 1.54) is 10.9 Å². The molecule has 0 aromatic carbocycles. The predicted molar refractivity (Wildman–Crippen MR) is 69.9 cm³/mol. The fourth-order valence-corrected chi connectivity index (χ4v) is 1.77. The van der Waals surface area contributed by atoms with Crippen LogP contribution in [0.25, 0.3) is 0 Å². The third kappa shape index (κ3) is 4.08. The van der Waals surface area contributed by atoms with Crippen molar-refractivity contribution in [3.8, 4) is 0 Å². The number of primary amides is 1. The predicted octanol–water partition coefficient (Wildman–Crippen LogP) is -0.569. The molecule has 0 radical (unpaired) electrons. The van der Waals surface area contributed by atoms with Crippen LogP contribution in [-0.2, 0) is 23.1 Å². The van der Waals surface area contributed by atoms with Gasteiger partial charge in [-0.25, -0.2) is 4.79 Å². The highest BCUT2D eigenvalue weighted by Crippen LogP contribution is 2.08. The van der Waals surface area contributed by atoms with E-state index < -0.39 is 23.8 Å². The van der Waals surface area contributed by atoms with Crippen LogP contribution in [-0.4, -0.2) is 38.7 Å². The van der Waals surface area contributed by atoms with Crippen molar-refractivity contribution in [2.75, 3.05) is 0 Å². The SMILES string of the molecule is CCc1nn(C)cc1C(=O)N[C@H](CCC(N)=O)C(=O)O. The minimum absolute atomic E-state index is 0.0435. The molecule has 1 heterocycles. The Morgan fingerprint density at radius 1 is 1.50 bits per heavy atom. The average molecular weight is 282 g/mol. The number of carbonyl (C=O) groups excluding carboxylic acids is 2. The Balaban J connectivity index is 2.79. The number of amides is 2. The number of nitrogens with zero attached hydrogens (tertiary/aromatic N) is 2. The summed E-state index contributed by atoms with van der Waals surface area (Å²) in [4.78, 5) is 33.8. The lowest BCUT2D eigenvalue weighted by Crippen LogP contribution is -2.41. The zero-order valence-corrected chi connectivity index (χ0v) is 11.4. The van der Waals surface area contributed by atoms with Crippen LogP contribution in [0.15, 0.2) is 6.20 Å². The topological polar surface area (TPSA) is 127 Å². The molecular weight excluding hydrogens is 264 g/mol. The van der Waals surface area contributed by atoms with Gasteiger partial charge in [0.05, 0.1) is 11.3 Å². The van der Waals surface area contributed by atoms with Gasteiger partial charge < -0.3 is 16.2 Å². The Morgan fingerprint density at radius 3 is 2.65 bits per heavy atom. The summed E-state index contributed by atoms with van der Waals surface area (Å²) < 4.78 is 1.49. The van der Waals surface area contributed by atoms with Gasteiger partial charge in [0.15, 0.2) is 0 Å². The second-order valence-electron chi connectivity index (χ2n) is 4.39.